The van der Waals surface area contributed by atoms with Gasteiger partial charge in [-0.3, -0.25) is 9.59 Å². The quantitative estimate of drug-likeness (QED) is 0.587. The van der Waals surface area contributed by atoms with E-state index in [1.165, 1.54) is 60.5 Å². The topological polar surface area (TPSA) is 84.0 Å². The van der Waals surface area contributed by atoms with E-state index in [2.05, 4.69) is 34.7 Å². The Labute approximate surface area is 160 Å². The minimum atomic E-state index is 0.0437. The fourth-order valence-electron chi connectivity index (χ4n) is 2.59. The van der Waals surface area contributed by atoms with Crippen molar-refractivity contribution >= 4 is 46.7 Å². The number of carbonyl (C=O) groups is 2. The smallest absolute Gasteiger partial charge is 0.230 e. The fourth-order valence-corrected chi connectivity index (χ4v) is 5.23. The van der Waals surface area contributed by atoms with E-state index in [0.717, 1.165) is 8.68 Å². The summed E-state index contributed by atoms with van der Waals surface area (Å²) < 4.78 is 1.53. The van der Waals surface area contributed by atoms with E-state index < -0.39 is 0 Å². The second-order valence-corrected chi connectivity index (χ2v) is 10.2. The molecular weight excluding hydrogens is 376 g/mol. The van der Waals surface area contributed by atoms with Crippen LogP contribution in [0.5, 0.6) is 0 Å². The first-order chi connectivity index (χ1) is 12.0. The van der Waals surface area contributed by atoms with Crippen molar-refractivity contribution in [2.24, 2.45) is 11.8 Å². The van der Waals surface area contributed by atoms with Crippen molar-refractivity contribution in [1.29, 1.82) is 0 Å². The third-order valence-corrected chi connectivity index (χ3v) is 7.67. The molecule has 0 saturated heterocycles. The van der Waals surface area contributed by atoms with Gasteiger partial charge in [0.2, 0.25) is 11.8 Å². The van der Waals surface area contributed by atoms with Gasteiger partial charge in [0.15, 0.2) is 8.68 Å². The Morgan fingerprint density at radius 1 is 0.960 bits per heavy atom. The van der Waals surface area contributed by atoms with E-state index in [-0.39, 0.29) is 23.9 Å². The van der Waals surface area contributed by atoms with Crippen LogP contribution >= 0.6 is 34.9 Å². The summed E-state index contributed by atoms with van der Waals surface area (Å²) in [6.07, 6.45) is 4.88. The number of nitrogens with zero attached hydrogens (tertiary/aromatic N) is 2. The summed E-state index contributed by atoms with van der Waals surface area (Å²) in [6.45, 7) is 4.13. The maximum absolute atomic E-state index is 11.9. The number of thioether (sulfide) groups is 2. The Balaban J connectivity index is 1.33. The molecule has 2 fully saturated rings. The zero-order valence-electron chi connectivity index (χ0n) is 14.5. The maximum Gasteiger partial charge on any atom is 0.230 e. The van der Waals surface area contributed by atoms with Crippen molar-refractivity contribution in [2.75, 3.05) is 11.5 Å². The number of hydrogen-bond acceptors (Lipinski definition) is 7. The third kappa shape index (κ3) is 6.45. The molecule has 0 unspecified atom stereocenters. The lowest BCUT2D eigenvalue weighted by molar-refractivity contribution is -0.120. The summed E-state index contributed by atoms with van der Waals surface area (Å²) in [4.78, 5) is 23.8. The molecule has 2 aliphatic carbocycles. The van der Waals surface area contributed by atoms with Gasteiger partial charge >= 0.3 is 0 Å². The van der Waals surface area contributed by atoms with Crippen molar-refractivity contribution in [1.82, 2.24) is 20.8 Å². The van der Waals surface area contributed by atoms with Gasteiger partial charge in [-0.15, -0.1) is 10.2 Å². The second-order valence-electron chi connectivity index (χ2n) is 6.80. The molecule has 2 atom stereocenters. The van der Waals surface area contributed by atoms with Gasteiger partial charge < -0.3 is 10.6 Å². The molecule has 1 aromatic rings. The van der Waals surface area contributed by atoms with E-state index in [1.807, 2.05) is 0 Å². The monoisotopic (exact) mass is 400 g/mol. The van der Waals surface area contributed by atoms with Crippen LogP contribution in [0.2, 0.25) is 0 Å². The molecule has 2 N–H and O–H groups in total. The predicted molar refractivity (Wildman–Crippen MR) is 102 cm³/mol. The molecule has 0 radical (unpaired) electrons. The van der Waals surface area contributed by atoms with E-state index in [1.54, 1.807) is 0 Å². The van der Waals surface area contributed by atoms with Gasteiger partial charge in [0.05, 0.1) is 11.5 Å². The maximum atomic E-state index is 11.9. The Morgan fingerprint density at radius 3 is 1.72 bits per heavy atom. The minimum absolute atomic E-state index is 0.0437. The number of nitrogens with one attached hydrogen (secondary N) is 2. The summed E-state index contributed by atoms with van der Waals surface area (Å²) in [7, 11) is 0. The van der Waals surface area contributed by atoms with Crippen LogP contribution in [0.15, 0.2) is 8.68 Å². The van der Waals surface area contributed by atoms with Gasteiger partial charge in [-0.25, -0.2) is 0 Å². The van der Waals surface area contributed by atoms with Crippen LogP contribution in [0.4, 0.5) is 0 Å². The number of carbonyl (C=O) groups excluding carboxylic acids is 2. The second kappa shape index (κ2) is 8.73. The average Bonchev–Trinajstić information content (AvgIpc) is 3.47. The van der Waals surface area contributed by atoms with Crippen LogP contribution in [0.25, 0.3) is 0 Å². The van der Waals surface area contributed by atoms with E-state index in [9.17, 15) is 9.59 Å². The Morgan fingerprint density at radius 2 is 1.36 bits per heavy atom. The zero-order valence-corrected chi connectivity index (χ0v) is 16.9. The molecule has 1 aromatic heterocycles. The van der Waals surface area contributed by atoms with E-state index in [0.29, 0.717) is 23.3 Å². The van der Waals surface area contributed by atoms with Crippen molar-refractivity contribution < 1.29 is 9.59 Å². The highest BCUT2D eigenvalue weighted by atomic mass is 32.2. The summed E-state index contributed by atoms with van der Waals surface area (Å²) in [5, 5.41) is 14.2. The third-order valence-electron chi connectivity index (χ3n) is 4.48. The van der Waals surface area contributed by atoms with Crippen molar-refractivity contribution in [2.45, 2.75) is 60.3 Å². The summed E-state index contributed by atoms with van der Waals surface area (Å²) in [6, 6.07) is 0.537. The first-order valence-corrected chi connectivity index (χ1v) is 11.5. The first-order valence-electron chi connectivity index (χ1n) is 8.69. The summed E-state index contributed by atoms with van der Waals surface area (Å²) >= 11 is 4.23. The molecule has 0 aliphatic heterocycles. The summed E-state index contributed by atoms with van der Waals surface area (Å²) in [5.41, 5.74) is 0. The molecule has 6 nitrogen and oxygen atoms in total. The molecule has 0 spiro atoms. The molecule has 138 valence electrons. The Hall–Kier alpha value is -0.800. The highest BCUT2D eigenvalue weighted by Gasteiger charge is 2.29. The Bertz CT molecular complexity index is 566. The van der Waals surface area contributed by atoms with Gasteiger partial charge in [0, 0.05) is 12.1 Å². The largest absolute Gasteiger partial charge is 0.353 e. The number of amides is 2. The molecule has 0 aromatic carbocycles. The molecule has 9 heteroatoms. The molecule has 2 aliphatic rings. The van der Waals surface area contributed by atoms with Gasteiger partial charge in [0.1, 0.15) is 0 Å². The SMILES string of the molecule is C[C@H](NC(=O)CSc1nnc(SCC(=O)N[C@@H](C)C2CC2)s1)C1CC1. The summed E-state index contributed by atoms with van der Waals surface area (Å²) in [5.74, 6) is 2.12. The minimum Gasteiger partial charge on any atom is -0.353 e. The molecule has 3 rings (SSSR count). The first kappa shape index (κ1) is 19.0. The molecule has 1 heterocycles. The van der Waals surface area contributed by atoms with E-state index in [4.69, 9.17) is 0 Å². The zero-order chi connectivity index (χ0) is 17.8. The normalized spacial score (nSPS) is 19.3. The number of rotatable bonds is 10. The van der Waals surface area contributed by atoms with Gasteiger partial charge in [-0.05, 0) is 51.4 Å². The molecule has 0 bridgehead atoms. The van der Waals surface area contributed by atoms with Gasteiger partial charge in [-0.1, -0.05) is 34.9 Å². The predicted octanol–water partition coefficient (Wildman–Crippen LogP) is 2.55. The Kier molecular flexibility index (Phi) is 6.62. The molecule has 2 amide bonds. The molecular formula is C16H24N4O2S3. The van der Waals surface area contributed by atoms with Crippen LogP contribution < -0.4 is 10.6 Å². The highest BCUT2D eigenvalue weighted by Crippen LogP contribution is 2.33. The van der Waals surface area contributed by atoms with Gasteiger partial charge in [-0.2, -0.15) is 0 Å². The average molecular weight is 401 g/mol. The van der Waals surface area contributed by atoms with Gasteiger partial charge in [0.25, 0.3) is 0 Å². The lowest BCUT2D eigenvalue weighted by Gasteiger charge is -2.11. The van der Waals surface area contributed by atoms with E-state index >= 15 is 0 Å². The highest BCUT2D eigenvalue weighted by molar-refractivity contribution is 8.03. The van der Waals surface area contributed by atoms with Crippen LogP contribution in [-0.4, -0.2) is 45.6 Å². The van der Waals surface area contributed by atoms with Crippen molar-refractivity contribution in [3.63, 3.8) is 0 Å². The van der Waals surface area contributed by atoms with Crippen molar-refractivity contribution in [3.8, 4) is 0 Å². The van der Waals surface area contributed by atoms with Crippen LogP contribution in [0.3, 0.4) is 0 Å². The molecule has 25 heavy (non-hydrogen) atoms. The number of aromatic nitrogens is 2. The van der Waals surface area contributed by atoms with Crippen LogP contribution in [0, 0.1) is 11.8 Å². The number of hydrogen-bond donors (Lipinski definition) is 2. The van der Waals surface area contributed by atoms with Crippen LogP contribution in [-0.2, 0) is 9.59 Å². The van der Waals surface area contributed by atoms with Crippen LogP contribution in [0.1, 0.15) is 39.5 Å². The van der Waals surface area contributed by atoms with Crippen molar-refractivity contribution in [3.05, 3.63) is 0 Å². The lowest BCUT2D eigenvalue weighted by Crippen LogP contribution is -2.35. The molecule has 2 saturated carbocycles. The fraction of sp³-hybridized carbons (Fsp3) is 0.750. The standard InChI is InChI=1S/C16H24N4O2S3/c1-9(11-3-4-11)17-13(21)7-23-15-19-20-16(25-15)24-8-14(22)18-10(2)12-5-6-12/h9-12H,3-8H2,1-2H3,(H,17,21)(H,18,22)/t9-,10-/m0/s1. The lowest BCUT2D eigenvalue weighted by atomic mass is 10.2.